The van der Waals surface area contributed by atoms with Crippen molar-refractivity contribution in [1.29, 1.82) is 0 Å². The summed E-state index contributed by atoms with van der Waals surface area (Å²) in [5, 5.41) is 0.809. The topological polar surface area (TPSA) is 68.5 Å². The van der Waals surface area contributed by atoms with E-state index in [2.05, 4.69) is 4.98 Å². The highest BCUT2D eigenvalue weighted by Gasteiger charge is 2.31. The molecule has 0 atom stereocenters. The number of nitrogens with zero attached hydrogens (tertiary/aromatic N) is 2. The van der Waals surface area contributed by atoms with Gasteiger partial charge in [-0.3, -0.25) is 9.69 Å². The third kappa shape index (κ3) is 2.98. The van der Waals surface area contributed by atoms with Crippen molar-refractivity contribution in [3.63, 3.8) is 0 Å². The van der Waals surface area contributed by atoms with Gasteiger partial charge in [-0.25, -0.2) is 4.98 Å². The lowest BCUT2D eigenvalue weighted by Gasteiger charge is -2.30. The molecule has 0 radical (unpaired) electrons. The minimum Gasteiger partial charge on any atom is -0.397 e. The van der Waals surface area contributed by atoms with Crippen LogP contribution in [-0.2, 0) is 11.3 Å². The molecule has 0 fully saturated rings. The second-order valence-corrected chi connectivity index (χ2v) is 9.14. The second-order valence-electron chi connectivity index (χ2n) is 7.06. The first-order valence-electron chi connectivity index (χ1n) is 9.46. The maximum atomic E-state index is 13.9. The van der Waals surface area contributed by atoms with E-state index in [1.165, 1.54) is 11.3 Å². The van der Waals surface area contributed by atoms with Gasteiger partial charge in [0.2, 0.25) is 0 Å². The van der Waals surface area contributed by atoms with Crippen LogP contribution in [0.1, 0.15) is 20.9 Å². The first-order valence-corrected chi connectivity index (χ1v) is 11.1. The van der Waals surface area contributed by atoms with Gasteiger partial charge in [-0.15, -0.1) is 11.3 Å². The number of carbonyl (C=O) groups excluding carboxylic acids is 1. The quantitative estimate of drug-likeness (QED) is 0.444. The number of benzene rings is 2. The lowest BCUT2D eigenvalue weighted by atomic mass is 10.1. The standard InChI is InChI=1S/C23H19N3O2S2/c1-13-11-14(12-28-2)19-20(24)21(30-22(19)25-13)23(27)26-15-7-3-5-9-17(15)29-18-10-6-4-8-16(18)26/h3-11H,12,24H2,1-2H3. The Labute approximate surface area is 182 Å². The molecule has 5 rings (SSSR count). The number of methoxy groups -OCH3 is 1. The number of hydrogen-bond donors (Lipinski definition) is 1. The van der Waals surface area contributed by atoms with E-state index in [9.17, 15) is 4.79 Å². The summed E-state index contributed by atoms with van der Waals surface area (Å²) in [5.41, 5.74) is 10.5. The number of carbonyl (C=O) groups is 1. The van der Waals surface area contributed by atoms with Crippen molar-refractivity contribution in [2.75, 3.05) is 17.7 Å². The third-order valence-corrected chi connectivity index (χ3v) is 7.26. The zero-order chi connectivity index (χ0) is 20.8. The molecule has 30 heavy (non-hydrogen) atoms. The maximum absolute atomic E-state index is 13.9. The third-order valence-electron chi connectivity index (χ3n) is 5.04. The predicted octanol–water partition coefficient (Wildman–Crippen LogP) is 5.78. The molecule has 5 nitrogen and oxygen atoms in total. The molecule has 0 unspecified atom stereocenters. The van der Waals surface area contributed by atoms with E-state index in [-0.39, 0.29) is 5.91 Å². The van der Waals surface area contributed by atoms with Crippen LogP contribution in [0.2, 0.25) is 0 Å². The zero-order valence-corrected chi connectivity index (χ0v) is 18.1. The van der Waals surface area contributed by atoms with E-state index in [0.29, 0.717) is 17.2 Å². The van der Waals surface area contributed by atoms with Crippen LogP contribution in [0.25, 0.3) is 10.2 Å². The molecule has 3 heterocycles. The number of nitrogens with two attached hydrogens (primary N) is 1. The molecular weight excluding hydrogens is 414 g/mol. The number of pyridine rings is 1. The number of ether oxygens (including phenoxy) is 1. The fourth-order valence-electron chi connectivity index (χ4n) is 3.79. The van der Waals surface area contributed by atoms with Gasteiger partial charge >= 0.3 is 0 Å². The molecule has 0 saturated heterocycles. The highest BCUT2D eigenvalue weighted by Crippen LogP contribution is 2.49. The highest BCUT2D eigenvalue weighted by atomic mass is 32.2. The summed E-state index contributed by atoms with van der Waals surface area (Å²) in [4.78, 5) is 23.6. The molecule has 7 heteroatoms. The largest absolute Gasteiger partial charge is 0.397 e. The summed E-state index contributed by atoms with van der Waals surface area (Å²) in [7, 11) is 1.65. The molecule has 2 aromatic heterocycles. The maximum Gasteiger partial charge on any atom is 0.275 e. The van der Waals surface area contributed by atoms with Crippen LogP contribution in [0.5, 0.6) is 0 Å². The van der Waals surface area contributed by atoms with Gasteiger partial charge in [0.25, 0.3) is 5.91 Å². The van der Waals surface area contributed by atoms with Gasteiger partial charge in [0.05, 0.1) is 23.7 Å². The molecule has 0 bridgehead atoms. The first kappa shape index (κ1) is 19.1. The van der Waals surface area contributed by atoms with E-state index < -0.39 is 0 Å². The fourth-order valence-corrected chi connectivity index (χ4v) is 5.97. The second kappa shape index (κ2) is 7.43. The van der Waals surface area contributed by atoms with Crippen LogP contribution >= 0.6 is 23.1 Å². The number of para-hydroxylation sites is 2. The molecule has 0 saturated carbocycles. The Kier molecular flexibility index (Phi) is 4.73. The summed E-state index contributed by atoms with van der Waals surface area (Å²) >= 11 is 3.01. The van der Waals surface area contributed by atoms with E-state index >= 15 is 0 Å². The zero-order valence-electron chi connectivity index (χ0n) is 16.5. The number of aromatic nitrogens is 1. The molecule has 150 valence electrons. The van der Waals surface area contributed by atoms with Crippen molar-refractivity contribution in [2.24, 2.45) is 0 Å². The minimum absolute atomic E-state index is 0.142. The van der Waals surface area contributed by atoms with Crippen molar-refractivity contribution < 1.29 is 9.53 Å². The highest BCUT2D eigenvalue weighted by molar-refractivity contribution is 7.99. The Hall–Kier alpha value is -2.87. The Bertz CT molecular complexity index is 1250. The number of thiophene rings is 1. The van der Waals surface area contributed by atoms with E-state index in [1.807, 2.05) is 61.5 Å². The summed E-state index contributed by atoms with van der Waals surface area (Å²) in [6.45, 7) is 2.35. The van der Waals surface area contributed by atoms with Crippen LogP contribution < -0.4 is 10.6 Å². The van der Waals surface area contributed by atoms with Crippen LogP contribution in [0, 0.1) is 6.92 Å². The van der Waals surface area contributed by atoms with Crippen molar-refractivity contribution >= 4 is 56.3 Å². The van der Waals surface area contributed by atoms with Crippen molar-refractivity contribution in [3.05, 3.63) is 70.7 Å². The van der Waals surface area contributed by atoms with E-state index in [4.69, 9.17) is 10.5 Å². The molecule has 1 aliphatic heterocycles. The fraction of sp³-hybridized carbons (Fsp3) is 0.130. The molecule has 1 amide bonds. The SMILES string of the molecule is COCc1cc(C)nc2sc(C(=O)N3c4ccccc4Sc4ccccc43)c(N)c12. The molecule has 2 aromatic carbocycles. The van der Waals surface area contributed by atoms with Crippen LogP contribution in [0.3, 0.4) is 0 Å². The Morgan fingerprint density at radius 2 is 1.73 bits per heavy atom. The summed E-state index contributed by atoms with van der Waals surface area (Å²) in [5.74, 6) is -0.142. The molecule has 4 aromatic rings. The number of aryl methyl sites for hydroxylation is 1. The summed E-state index contributed by atoms with van der Waals surface area (Å²) in [6, 6.07) is 17.8. The number of fused-ring (bicyclic) bond motifs is 3. The van der Waals surface area contributed by atoms with Gasteiger partial charge in [-0.2, -0.15) is 0 Å². The minimum atomic E-state index is -0.142. The monoisotopic (exact) mass is 433 g/mol. The van der Waals surface area contributed by atoms with Gasteiger partial charge in [-0.1, -0.05) is 36.0 Å². The number of nitrogen functional groups attached to an aromatic ring is 1. The number of rotatable bonds is 3. The van der Waals surface area contributed by atoms with Crippen LogP contribution in [-0.4, -0.2) is 18.0 Å². The van der Waals surface area contributed by atoms with Crippen LogP contribution in [0.4, 0.5) is 17.1 Å². The lowest BCUT2D eigenvalue weighted by molar-refractivity contribution is 0.100. The van der Waals surface area contributed by atoms with Gasteiger partial charge in [0.1, 0.15) is 9.71 Å². The predicted molar refractivity (Wildman–Crippen MR) is 123 cm³/mol. The average molecular weight is 434 g/mol. The van der Waals surface area contributed by atoms with Crippen molar-refractivity contribution in [3.8, 4) is 0 Å². The Morgan fingerprint density at radius 3 is 2.37 bits per heavy atom. The summed E-state index contributed by atoms with van der Waals surface area (Å²) < 4.78 is 5.35. The number of anilines is 3. The summed E-state index contributed by atoms with van der Waals surface area (Å²) in [6.07, 6.45) is 0. The van der Waals surface area contributed by atoms with E-state index in [0.717, 1.165) is 42.6 Å². The van der Waals surface area contributed by atoms with Gasteiger partial charge < -0.3 is 10.5 Å². The first-order chi connectivity index (χ1) is 14.6. The van der Waals surface area contributed by atoms with Gasteiger partial charge in [-0.05, 0) is 42.8 Å². The average Bonchev–Trinajstić information content (AvgIpc) is 3.08. The Balaban J connectivity index is 1.70. The van der Waals surface area contributed by atoms with Crippen LogP contribution in [0.15, 0.2) is 64.4 Å². The van der Waals surface area contributed by atoms with Gasteiger partial charge in [0, 0.05) is 28.0 Å². The molecule has 0 aliphatic carbocycles. The normalized spacial score (nSPS) is 12.7. The smallest absolute Gasteiger partial charge is 0.275 e. The molecular formula is C23H19N3O2S2. The molecule has 0 spiro atoms. The lowest BCUT2D eigenvalue weighted by Crippen LogP contribution is -2.28. The molecule has 1 aliphatic rings. The number of hydrogen-bond acceptors (Lipinski definition) is 6. The van der Waals surface area contributed by atoms with E-state index in [1.54, 1.807) is 23.8 Å². The van der Waals surface area contributed by atoms with Crippen molar-refractivity contribution in [1.82, 2.24) is 4.98 Å². The Morgan fingerprint density at radius 1 is 1.10 bits per heavy atom. The number of amides is 1. The van der Waals surface area contributed by atoms with Gasteiger partial charge in [0.15, 0.2) is 0 Å². The molecule has 2 N–H and O–H groups in total. The van der Waals surface area contributed by atoms with Crippen molar-refractivity contribution in [2.45, 2.75) is 23.3 Å².